The van der Waals surface area contributed by atoms with E-state index in [0.29, 0.717) is 5.69 Å². The molecular formula is C12H18N2O4S. The van der Waals surface area contributed by atoms with E-state index in [1.165, 1.54) is 29.2 Å². The van der Waals surface area contributed by atoms with Gasteiger partial charge in [0.05, 0.1) is 11.0 Å². The molecule has 0 atom stereocenters. The predicted molar refractivity (Wildman–Crippen MR) is 72.3 cm³/mol. The average Bonchev–Trinajstić information content (AvgIpc) is 2.34. The molecule has 0 heterocycles. The number of likely N-dealkylation sites (N-methyl/N-ethyl adjacent to an activating group) is 1. The molecule has 1 rings (SSSR count). The smallest absolute Gasteiger partial charge is 0.252 e. The minimum Gasteiger partial charge on any atom is -0.369 e. The van der Waals surface area contributed by atoms with E-state index in [9.17, 15) is 13.2 Å². The minimum atomic E-state index is -3.72. The van der Waals surface area contributed by atoms with Crippen LogP contribution in [0.2, 0.25) is 0 Å². The summed E-state index contributed by atoms with van der Waals surface area (Å²) in [6.45, 7) is 3.66. The molecule has 2 N–H and O–H groups in total. The summed E-state index contributed by atoms with van der Waals surface area (Å²) >= 11 is 0. The van der Waals surface area contributed by atoms with Crippen molar-refractivity contribution in [1.29, 1.82) is 0 Å². The number of amides is 1. The van der Waals surface area contributed by atoms with E-state index in [0.717, 1.165) is 0 Å². The van der Waals surface area contributed by atoms with Gasteiger partial charge >= 0.3 is 0 Å². The zero-order chi connectivity index (χ0) is 14.6. The highest BCUT2D eigenvalue weighted by Gasteiger charge is 2.13. The van der Waals surface area contributed by atoms with Crippen molar-refractivity contribution in [2.24, 2.45) is 5.14 Å². The van der Waals surface area contributed by atoms with Crippen molar-refractivity contribution in [1.82, 2.24) is 0 Å². The van der Waals surface area contributed by atoms with Gasteiger partial charge in [-0.05, 0) is 38.1 Å². The van der Waals surface area contributed by atoms with Crippen LogP contribution >= 0.6 is 0 Å². The molecule has 6 nitrogen and oxygen atoms in total. The fraction of sp³-hybridized carbons (Fsp3) is 0.417. The Morgan fingerprint density at radius 2 is 1.84 bits per heavy atom. The molecule has 0 aliphatic rings. The lowest BCUT2D eigenvalue weighted by Crippen LogP contribution is -2.31. The molecule has 0 saturated heterocycles. The quantitative estimate of drug-likeness (QED) is 0.863. The van der Waals surface area contributed by atoms with Gasteiger partial charge in [0.15, 0.2) is 0 Å². The number of nitrogens with two attached hydrogens (primary N) is 1. The van der Waals surface area contributed by atoms with E-state index in [4.69, 9.17) is 9.88 Å². The normalized spacial score (nSPS) is 11.6. The van der Waals surface area contributed by atoms with Gasteiger partial charge in [-0.3, -0.25) is 4.79 Å². The third-order valence-electron chi connectivity index (χ3n) is 2.47. The number of rotatable bonds is 5. The summed E-state index contributed by atoms with van der Waals surface area (Å²) in [4.78, 5) is 13.2. The first-order valence-electron chi connectivity index (χ1n) is 5.73. The number of sulfonamides is 1. The van der Waals surface area contributed by atoms with Gasteiger partial charge in [0.25, 0.3) is 5.91 Å². The molecule has 0 unspecified atom stereocenters. The summed E-state index contributed by atoms with van der Waals surface area (Å²) in [6.07, 6.45) is -0.0258. The number of hydrogen-bond donors (Lipinski definition) is 1. The molecule has 0 radical (unpaired) electrons. The fourth-order valence-corrected chi connectivity index (χ4v) is 1.85. The highest BCUT2D eigenvalue weighted by Crippen LogP contribution is 2.16. The maximum Gasteiger partial charge on any atom is 0.252 e. The number of carbonyl (C=O) groups excluding carboxylic acids is 1. The van der Waals surface area contributed by atoms with Crippen molar-refractivity contribution in [3.8, 4) is 0 Å². The Morgan fingerprint density at radius 3 is 2.26 bits per heavy atom. The number of anilines is 1. The second-order valence-electron chi connectivity index (χ2n) is 4.35. The lowest BCUT2D eigenvalue weighted by atomic mass is 10.3. The molecular weight excluding hydrogens is 268 g/mol. The monoisotopic (exact) mass is 286 g/mol. The van der Waals surface area contributed by atoms with E-state index in [-0.39, 0.29) is 23.5 Å². The number of carbonyl (C=O) groups is 1. The van der Waals surface area contributed by atoms with Crippen LogP contribution in [0.1, 0.15) is 13.8 Å². The average molecular weight is 286 g/mol. The van der Waals surface area contributed by atoms with E-state index in [2.05, 4.69) is 0 Å². The van der Waals surface area contributed by atoms with Crippen LogP contribution in [0.25, 0.3) is 0 Å². The van der Waals surface area contributed by atoms with Gasteiger partial charge in [-0.15, -0.1) is 0 Å². The van der Waals surface area contributed by atoms with Crippen LogP contribution in [0.4, 0.5) is 5.69 Å². The highest BCUT2D eigenvalue weighted by molar-refractivity contribution is 7.89. The fourth-order valence-electron chi connectivity index (χ4n) is 1.34. The number of primary sulfonamides is 1. The van der Waals surface area contributed by atoms with Crippen molar-refractivity contribution >= 4 is 21.6 Å². The number of benzene rings is 1. The largest absolute Gasteiger partial charge is 0.369 e. The zero-order valence-electron chi connectivity index (χ0n) is 11.2. The summed E-state index contributed by atoms with van der Waals surface area (Å²) in [5, 5.41) is 5.00. The van der Waals surface area contributed by atoms with Crippen molar-refractivity contribution in [2.75, 3.05) is 18.6 Å². The van der Waals surface area contributed by atoms with Crippen LogP contribution in [0.5, 0.6) is 0 Å². The number of hydrogen-bond acceptors (Lipinski definition) is 4. The molecule has 7 heteroatoms. The maximum atomic E-state index is 11.8. The molecule has 1 aromatic carbocycles. The molecule has 1 aromatic rings. The summed E-state index contributed by atoms with van der Waals surface area (Å²) < 4.78 is 27.4. The molecule has 0 aliphatic carbocycles. The van der Waals surface area contributed by atoms with Crippen LogP contribution in [0, 0.1) is 0 Å². The van der Waals surface area contributed by atoms with Crippen LogP contribution in [0.3, 0.4) is 0 Å². The third kappa shape index (κ3) is 4.62. The SMILES string of the molecule is CC(C)OCC(=O)N(C)c1ccc(S(N)(=O)=O)cc1. The topological polar surface area (TPSA) is 89.7 Å². The standard InChI is InChI=1S/C12H18N2O4S/c1-9(2)18-8-12(15)14(3)10-4-6-11(7-5-10)19(13,16)17/h4-7,9H,8H2,1-3H3,(H2,13,16,17). The molecule has 1 amide bonds. The molecule has 19 heavy (non-hydrogen) atoms. The van der Waals surface area contributed by atoms with Crippen LogP contribution in [-0.2, 0) is 19.6 Å². The van der Waals surface area contributed by atoms with Crippen molar-refractivity contribution in [3.63, 3.8) is 0 Å². The van der Waals surface area contributed by atoms with Gasteiger partial charge in [0, 0.05) is 12.7 Å². The van der Waals surface area contributed by atoms with Crippen molar-refractivity contribution in [2.45, 2.75) is 24.8 Å². The molecule has 0 aliphatic heterocycles. The second kappa shape index (κ2) is 6.14. The molecule has 106 valence electrons. The van der Waals surface area contributed by atoms with Gasteiger partial charge in [-0.1, -0.05) is 0 Å². The Bertz CT molecular complexity index is 537. The van der Waals surface area contributed by atoms with E-state index < -0.39 is 10.0 Å². The summed E-state index contributed by atoms with van der Waals surface area (Å²) in [7, 11) is -2.12. The first-order valence-corrected chi connectivity index (χ1v) is 7.27. The Balaban J connectivity index is 2.78. The predicted octanol–water partition coefficient (Wildman–Crippen LogP) is 0.722. The molecule has 0 saturated carbocycles. The third-order valence-corrected chi connectivity index (χ3v) is 3.40. The van der Waals surface area contributed by atoms with E-state index in [1.54, 1.807) is 7.05 Å². The molecule has 0 spiro atoms. The molecule has 0 fully saturated rings. The summed E-state index contributed by atoms with van der Waals surface area (Å²) in [6, 6.07) is 5.76. The summed E-state index contributed by atoms with van der Waals surface area (Å²) in [5.74, 6) is -0.211. The maximum absolute atomic E-state index is 11.8. The van der Waals surface area contributed by atoms with E-state index in [1.807, 2.05) is 13.8 Å². The van der Waals surface area contributed by atoms with E-state index >= 15 is 0 Å². The van der Waals surface area contributed by atoms with Gasteiger partial charge in [-0.25, -0.2) is 13.6 Å². The van der Waals surface area contributed by atoms with Crippen molar-refractivity contribution in [3.05, 3.63) is 24.3 Å². The molecule has 0 bridgehead atoms. The second-order valence-corrected chi connectivity index (χ2v) is 5.91. The van der Waals surface area contributed by atoms with Crippen LogP contribution in [0.15, 0.2) is 29.2 Å². The van der Waals surface area contributed by atoms with Gasteiger partial charge in [0.1, 0.15) is 6.61 Å². The zero-order valence-corrected chi connectivity index (χ0v) is 12.0. The van der Waals surface area contributed by atoms with Crippen LogP contribution < -0.4 is 10.0 Å². The number of nitrogens with zero attached hydrogens (tertiary/aromatic N) is 1. The minimum absolute atomic E-state index is 0.00975. The lowest BCUT2D eigenvalue weighted by Gasteiger charge is -2.18. The van der Waals surface area contributed by atoms with Crippen molar-refractivity contribution < 1.29 is 17.9 Å². The first-order chi connectivity index (χ1) is 8.71. The van der Waals surface area contributed by atoms with Crippen LogP contribution in [-0.4, -0.2) is 34.1 Å². The molecule has 0 aromatic heterocycles. The Labute approximate surface area is 113 Å². The lowest BCUT2D eigenvalue weighted by molar-refractivity contribution is -0.124. The Hall–Kier alpha value is -1.44. The van der Waals surface area contributed by atoms with Gasteiger partial charge < -0.3 is 9.64 Å². The Kier molecular flexibility index (Phi) is 5.04. The van der Waals surface area contributed by atoms with Gasteiger partial charge in [-0.2, -0.15) is 0 Å². The summed E-state index contributed by atoms with van der Waals surface area (Å²) in [5.41, 5.74) is 0.574. The van der Waals surface area contributed by atoms with Gasteiger partial charge in [0.2, 0.25) is 10.0 Å². The number of ether oxygens (including phenoxy) is 1. The Morgan fingerprint density at radius 1 is 1.32 bits per heavy atom. The first kappa shape index (κ1) is 15.6. The highest BCUT2D eigenvalue weighted by atomic mass is 32.2.